The van der Waals surface area contributed by atoms with Crippen LogP contribution in [0.15, 0.2) is 23.2 Å². The smallest absolute Gasteiger partial charge is 0.106 e. The molecule has 2 nitrogen and oxygen atoms in total. The molecule has 1 aromatic heterocycles. The third kappa shape index (κ3) is 1.76. The lowest BCUT2D eigenvalue weighted by molar-refractivity contribution is 0.777. The largest absolute Gasteiger partial charge is 0.275 e. The maximum Gasteiger partial charge on any atom is 0.106 e. The highest BCUT2D eigenvalue weighted by Gasteiger charge is 2.11. The highest BCUT2D eigenvalue weighted by molar-refractivity contribution is 7.98. The van der Waals surface area contributed by atoms with Crippen LogP contribution in [0.2, 0.25) is 0 Å². The van der Waals surface area contributed by atoms with Crippen molar-refractivity contribution < 1.29 is 0 Å². The van der Waals surface area contributed by atoms with Gasteiger partial charge in [-0.25, -0.2) is 0 Å². The summed E-state index contributed by atoms with van der Waals surface area (Å²) in [5.74, 6) is 0.549. The summed E-state index contributed by atoms with van der Waals surface area (Å²) in [6.45, 7) is 4.45. The van der Waals surface area contributed by atoms with Crippen LogP contribution in [0.1, 0.15) is 25.3 Å². The van der Waals surface area contributed by atoms with E-state index in [0.29, 0.717) is 5.92 Å². The molecule has 1 heterocycles. The fourth-order valence-corrected chi connectivity index (χ4v) is 2.43. The van der Waals surface area contributed by atoms with Crippen molar-refractivity contribution >= 4 is 22.7 Å². The standard InChI is InChI=1S/C12H16N2S/c1-8(2)9-5-6-11(15-4)12-10(9)7-14(3)13-12/h5-8H,1-4H3. The van der Waals surface area contributed by atoms with E-state index in [4.69, 9.17) is 0 Å². The molecule has 0 radical (unpaired) electrons. The lowest BCUT2D eigenvalue weighted by Crippen LogP contribution is -1.88. The van der Waals surface area contributed by atoms with Crippen molar-refractivity contribution in [3.05, 3.63) is 23.9 Å². The highest BCUT2D eigenvalue weighted by Crippen LogP contribution is 2.31. The summed E-state index contributed by atoms with van der Waals surface area (Å²) in [6, 6.07) is 4.40. The lowest BCUT2D eigenvalue weighted by Gasteiger charge is -2.07. The number of fused-ring (bicyclic) bond motifs is 1. The average Bonchev–Trinajstić information content (AvgIpc) is 2.56. The molecule has 0 amide bonds. The zero-order valence-corrected chi connectivity index (χ0v) is 10.4. The molecule has 0 N–H and O–H groups in total. The van der Waals surface area contributed by atoms with Gasteiger partial charge < -0.3 is 0 Å². The second-order valence-corrected chi connectivity index (χ2v) is 4.92. The molecule has 2 rings (SSSR count). The highest BCUT2D eigenvalue weighted by atomic mass is 32.2. The number of aryl methyl sites for hydroxylation is 1. The molecule has 80 valence electrons. The van der Waals surface area contributed by atoms with Crippen LogP contribution in [0.5, 0.6) is 0 Å². The van der Waals surface area contributed by atoms with Crippen molar-refractivity contribution in [1.82, 2.24) is 9.78 Å². The predicted molar refractivity (Wildman–Crippen MR) is 66.6 cm³/mol. The fourth-order valence-electron chi connectivity index (χ4n) is 1.88. The van der Waals surface area contributed by atoms with Crippen molar-refractivity contribution in [1.29, 1.82) is 0 Å². The molecule has 3 heteroatoms. The second kappa shape index (κ2) is 3.89. The number of benzene rings is 1. The molecule has 0 saturated heterocycles. The number of hydrogen-bond donors (Lipinski definition) is 0. The first-order valence-corrected chi connectivity index (χ1v) is 6.36. The molecule has 0 bridgehead atoms. The van der Waals surface area contributed by atoms with Crippen LogP contribution in [0.4, 0.5) is 0 Å². The summed E-state index contributed by atoms with van der Waals surface area (Å²) in [5, 5.41) is 5.81. The van der Waals surface area contributed by atoms with E-state index in [2.05, 4.69) is 43.5 Å². The van der Waals surface area contributed by atoms with E-state index in [1.807, 2.05) is 11.7 Å². The van der Waals surface area contributed by atoms with Gasteiger partial charge in [-0.2, -0.15) is 5.10 Å². The minimum absolute atomic E-state index is 0.549. The van der Waals surface area contributed by atoms with E-state index < -0.39 is 0 Å². The molecule has 0 aliphatic heterocycles. The van der Waals surface area contributed by atoms with Gasteiger partial charge in [0.05, 0.1) is 0 Å². The Hall–Kier alpha value is -0.960. The van der Waals surface area contributed by atoms with Gasteiger partial charge in [0.15, 0.2) is 0 Å². The summed E-state index contributed by atoms with van der Waals surface area (Å²) in [4.78, 5) is 1.26. The molecule has 0 atom stereocenters. The Kier molecular flexibility index (Phi) is 2.74. The Balaban J connectivity index is 2.76. The van der Waals surface area contributed by atoms with Crippen LogP contribution >= 0.6 is 11.8 Å². The molecule has 0 fully saturated rings. The van der Waals surface area contributed by atoms with Crippen molar-refractivity contribution in [2.24, 2.45) is 7.05 Å². The molecular formula is C12H16N2S. The van der Waals surface area contributed by atoms with Crippen LogP contribution in [-0.2, 0) is 7.05 Å². The molecule has 0 unspecified atom stereocenters. The molecular weight excluding hydrogens is 204 g/mol. The Morgan fingerprint density at radius 3 is 2.67 bits per heavy atom. The third-order valence-electron chi connectivity index (χ3n) is 2.63. The van der Waals surface area contributed by atoms with Gasteiger partial charge in [-0.3, -0.25) is 4.68 Å². The summed E-state index contributed by atoms with van der Waals surface area (Å²) >= 11 is 1.76. The Bertz CT molecular complexity index is 486. The van der Waals surface area contributed by atoms with E-state index in [1.54, 1.807) is 11.8 Å². The van der Waals surface area contributed by atoms with Gasteiger partial charge in [-0.05, 0) is 23.8 Å². The van der Waals surface area contributed by atoms with Gasteiger partial charge in [0.25, 0.3) is 0 Å². The molecule has 0 aliphatic rings. The predicted octanol–water partition coefficient (Wildman–Crippen LogP) is 3.42. The number of aromatic nitrogens is 2. The van der Waals surface area contributed by atoms with Crippen molar-refractivity contribution in [2.45, 2.75) is 24.7 Å². The fraction of sp³-hybridized carbons (Fsp3) is 0.417. The van der Waals surface area contributed by atoms with Crippen LogP contribution in [0, 0.1) is 0 Å². The molecule has 1 aromatic carbocycles. The summed E-state index contributed by atoms with van der Waals surface area (Å²) in [7, 11) is 1.98. The molecule has 15 heavy (non-hydrogen) atoms. The van der Waals surface area contributed by atoms with Crippen LogP contribution in [0.25, 0.3) is 10.9 Å². The van der Waals surface area contributed by atoms with Crippen molar-refractivity contribution in [3.8, 4) is 0 Å². The zero-order valence-electron chi connectivity index (χ0n) is 9.61. The maximum absolute atomic E-state index is 4.52. The minimum atomic E-state index is 0.549. The SMILES string of the molecule is CSc1ccc(C(C)C)c2cn(C)nc12. The molecule has 0 aliphatic carbocycles. The minimum Gasteiger partial charge on any atom is -0.275 e. The lowest BCUT2D eigenvalue weighted by atomic mass is 10.00. The van der Waals surface area contributed by atoms with E-state index >= 15 is 0 Å². The van der Waals surface area contributed by atoms with Crippen molar-refractivity contribution in [3.63, 3.8) is 0 Å². The molecule has 0 spiro atoms. The third-order valence-corrected chi connectivity index (χ3v) is 3.40. The monoisotopic (exact) mass is 220 g/mol. The van der Waals surface area contributed by atoms with Crippen molar-refractivity contribution in [2.75, 3.05) is 6.26 Å². The molecule has 2 aromatic rings. The summed E-state index contributed by atoms with van der Waals surface area (Å²) < 4.78 is 1.90. The van der Waals surface area contributed by atoms with Gasteiger partial charge >= 0.3 is 0 Å². The Morgan fingerprint density at radius 2 is 2.07 bits per heavy atom. The van der Waals surface area contributed by atoms with Gasteiger partial charge in [0.1, 0.15) is 5.52 Å². The first kappa shape index (κ1) is 10.6. The van der Waals surface area contributed by atoms with Crippen LogP contribution in [0.3, 0.4) is 0 Å². The molecule has 0 saturated carbocycles. The number of nitrogens with zero attached hydrogens (tertiary/aromatic N) is 2. The Morgan fingerprint density at radius 1 is 1.33 bits per heavy atom. The van der Waals surface area contributed by atoms with Gasteiger partial charge in [-0.1, -0.05) is 19.9 Å². The second-order valence-electron chi connectivity index (χ2n) is 4.08. The first-order chi connectivity index (χ1) is 7.13. The number of rotatable bonds is 2. The van der Waals surface area contributed by atoms with Crippen LogP contribution in [-0.4, -0.2) is 16.0 Å². The number of hydrogen-bond acceptors (Lipinski definition) is 2. The van der Waals surface area contributed by atoms with E-state index in [9.17, 15) is 0 Å². The number of thioether (sulfide) groups is 1. The van der Waals surface area contributed by atoms with Gasteiger partial charge in [0, 0.05) is 23.5 Å². The zero-order chi connectivity index (χ0) is 11.0. The normalized spacial score (nSPS) is 11.5. The van der Waals surface area contributed by atoms with E-state index in [-0.39, 0.29) is 0 Å². The van der Waals surface area contributed by atoms with Crippen LogP contribution < -0.4 is 0 Å². The van der Waals surface area contributed by atoms with Gasteiger partial charge in [-0.15, -0.1) is 11.8 Å². The average molecular weight is 220 g/mol. The topological polar surface area (TPSA) is 17.8 Å². The summed E-state index contributed by atoms with van der Waals surface area (Å²) in [5.41, 5.74) is 2.52. The summed E-state index contributed by atoms with van der Waals surface area (Å²) in [6.07, 6.45) is 4.21. The van der Waals surface area contributed by atoms with Gasteiger partial charge in [0.2, 0.25) is 0 Å². The maximum atomic E-state index is 4.52. The quantitative estimate of drug-likeness (QED) is 0.722. The Labute approximate surface area is 94.7 Å². The first-order valence-electron chi connectivity index (χ1n) is 5.13. The van der Waals surface area contributed by atoms with E-state index in [1.165, 1.54) is 15.8 Å². The van der Waals surface area contributed by atoms with E-state index in [0.717, 1.165) is 5.52 Å².